The molecule has 3 aromatic rings. The SMILES string of the molecule is O=C1C(=O)N(Cc2cccnc2)[C@H](c2ccccc2[N+](=O)[O-])/C1=C(\O)c1ccc(Cl)cc1. The van der Waals surface area contributed by atoms with Gasteiger partial charge in [0.25, 0.3) is 17.4 Å². The third-order valence-corrected chi connectivity index (χ3v) is 5.41. The minimum absolute atomic E-state index is 0.0213. The second kappa shape index (κ2) is 8.60. The Hall–Kier alpha value is -4.04. The van der Waals surface area contributed by atoms with Crippen LogP contribution in [-0.4, -0.2) is 31.6 Å². The van der Waals surface area contributed by atoms with Gasteiger partial charge in [-0.25, -0.2) is 0 Å². The zero-order valence-corrected chi connectivity index (χ0v) is 17.3. The van der Waals surface area contributed by atoms with Crippen LogP contribution in [0.3, 0.4) is 0 Å². The third-order valence-electron chi connectivity index (χ3n) is 5.16. The number of nitrogens with zero attached hydrogens (tertiary/aromatic N) is 3. The molecule has 1 N–H and O–H groups in total. The van der Waals surface area contributed by atoms with Crippen LogP contribution < -0.4 is 0 Å². The summed E-state index contributed by atoms with van der Waals surface area (Å²) in [5.41, 5.74) is 0.519. The summed E-state index contributed by atoms with van der Waals surface area (Å²) in [7, 11) is 0. The number of hydrogen-bond donors (Lipinski definition) is 1. The number of rotatable bonds is 5. The number of aromatic nitrogens is 1. The first-order valence-corrected chi connectivity index (χ1v) is 9.93. The third kappa shape index (κ3) is 3.83. The molecule has 0 bridgehead atoms. The van der Waals surface area contributed by atoms with E-state index in [-0.39, 0.29) is 28.9 Å². The highest BCUT2D eigenvalue weighted by Crippen LogP contribution is 2.43. The quantitative estimate of drug-likeness (QED) is 0.204. The van der Waals surface area contributed by atoms with E-state index < -0.39 is 28.4 Å². The van der Waals surface area contributed by atoms with Crippen LogP contribution in [-0.2, 0) is 16.1 Å². The highest BCUT2D eigenvalue weighted by atomic mass is 35.5. The van der Waals surface area contributed by atoms with Gasteiger partial charge < -0.3 is 10.0 Å². The van der Waals surface area contributed by atoms with Gasteiger partial charge in [-0.2, -0.15) is 0 Å². The first kappa shape index (κ1) is 21.2. The maximum absolute atomic E-state index is 13.0. The molecular formula is C23H16ClN3O5. The van der Waals surface area contributed by atoms with Gasteiger partial charge in [0.15, 0.2) is 0 Å². The van der Waals surface area contributed by atoms with Crippen molar-refractivity contribution in [1.29, 1.82) is 0 Å². The molecule has 1 saturated heterocycles. The van der Waals surface area contributed by atoms with E-state index in [2.05, 4.69) is 4.98 Å². The van der Waals surface area contributed by atoms with Crippen LogP contribution in [0, 0.1) is 10.1 Å². The molecule has 160 valence electrons. The van der Waals surface area contributed by atoms with Gasteiger partial charge in [-0.3, -0.25) is 24.7 Å². The van der Waals surface area contributed by atoms with Gasteiger partial charge in [0.05, 0.1) is 22.1 Å². The van der Waals surface area contributed by atoms with E-state index in [1.807, 2.05) is 0 Å². The number of para-hydroxylation sites is 1. The first-order valence-electron chi connectivity index (χ1n) is 9.55. The molecule has 8 nitrogen and oxygen atoms in total. The molecule has 1 aromatic heterocycles. The number of halogens is 1. The molecular weight excluding hydrogens is 434 g/mol. The molecule has 0 spiro atoms. The average Bonchev–Trinajstić information content (AvgIpc) is 3.04. The molecule has 1 atom stereocenters. The lowest BCUT2D eigenvalue weighted by atomic mass is 9.94. The summed E-state index contributed by atoms with van der Waals surface area (Å²) < 4.78 is 0. The van der Waals surface area contributed by atoms with Crippen LogP contribution in [0.5, 0.6) is 0 Å². The molecule has 1 aliphatic rings. The number of likely N-dealkylation sites (tertiary alicyclic amines) is 1. The molecule has 0 saturated carbocycles. The average molecular weight is 450 g/mol. The summed E-state index contributed by atoms with van der Waals surface area (Å²) in [6.45, 7) is -0.0213. The van der Waals surface area contributed by atoms with Crippen molar-refractivity contribution in [3.8, 4) is 0 Å². The van der Waals surface area contributed by atoms with Crippen molar-refractivity contribution in [2.45, 2.75) is 12.6 Å². The fraction of sp³-hybridized carbons (Fsp3) is 0.0870. The number of nitro groups is 1. The van der Waals surface area contributed by atoms with Crippen molar-refractivity contribution in [3.05, 3.63) is 110 Å². The Morgan fingerprint density at radius 1 is 1.09 bits per heavy atom. The van der Waals surface area contributed by atoms with Crippen LogP contribution in [0.1, 0.15) is 22.7 Å². The van der Waals surface area contributed by atoms with Crippen molar-refractivity contribution in [1.82, 2.24) is 9.88 Å². The van der Waals surface area contributed by atoms with Gasteiger partial charge in [0, 0.05) is 35.6 Å². The van der Waals surface area contributed by atoms with Crippen LogP contribution in [0.15, 0.2) is 78.6 Å². The number of carbonyl (C=O) groups excluding carboxylic acids is 2. The molecule has 9 heteroatoms. The van der Waals surface area contributed by atoms with Crippen molar-refractivity contribution in [2.24, 2.45) is 0 Å². The van der Waals surface area contributed by atoms with Crippen molar-refractivity contribution in [2.75, 3.05) is 0 Å². The Kier molecular flexibility index (Phi) is 5.70. The van der Waals surface area contributed by atoms with Gasteiger partial charge in [-0.05, 0) is 42.0 Å². The summed E-state index contributed by atoms with van der Waals surface area (Å²) in [5, 5.41) is 23.1. The zero-order valence-electron chi connectivity index (χ0n) is 16.5. The number of ketones is 1. The van der Waals surface area contributed by atoms with E-state index in [1.54, 1.807) is 24.4 Å². The molecule has 1 amide bonds. The number of carbonyl (C=O) groups is 2. The normalized spacial score (nSPS) is 17.5. The van der Waals surface area contributed by atoms with Crippen molar-refractivity contribution < 1.29 is 19.6 Å². The van der Waals surface area contributed by atoms with E-state index in [0.717, 1.165) is 0 Å². The summed E-state index contributed by atoms with van der Waals surface area (Å²) in [6.07, 6.45) is 3.10. The van der Waals surface area contributed by atoms with Crippen LogP contribution >= 0.6 is 11.6 Å². The Bertz CT molecular complexity index is 1240. The summed E-state index contributed by atoms with van der Waals surface area (Å²) in [5.74, 6) is -2.23. The minimum Gasteiger partial charge on any atom is -0.507 e. The monoisotopic (exact) mass is 449 g/mol. The highest BCUT2D eigenvalue weighted by molar-refractivity contribution is 6.46. The number of nitro benzene ring substituents is 1. The predicted octanol–water partition coefficient (Wildman–Crippen LogP) is 4.27. The second-order valence-electron chi connectivity index (χ2n) is 7.11. The molecule has 0 aliphatic carbocycles. The van der Waals surface area contributed by atoms with E-state index in [4.69, 9.17) is 11.6 Å². The van der Waals surface area contributed by atoms with Crippen LogP contribution in [0.2, 0.25) is 5.02 Å². The molecule has 1 fully saturated rings. The second-order valence-corrected chi connectivity index (χ2v) is 7.55. The largest absolute Gasteiger partial charge is 0.507 e. The molecule has 32 heavy (non-hydrogen) atoms. The Balaban J connectivity index is 1.93. The lowest BCUT2D eigenvalue weighted by molar-refractivity contribution is -0.385. The summed E-state index contributed by atoms with van der Waals surface area (Å²) >= 11 is 5.91. The topological polar surface area (TPSA) is 114 Å². The van der Waals surface area contributed by atoms with Crippen molar-refractivity contribution >= 4 is 34.7 Å². The lowest BCUT2D eigenvalue weighted by Crippen LogP contribution is -2.29. The van der Waals surface area contributed by atoms with Gasteiger partial charge in [0.1, 0.15) is 5.76 Å². The van der Waals surface area contributed by atoms with Gasteiger partial charge in [-0.15, -0.1) is 0 Å². The molecule has 2 heterocycles. The van der Waals surface area contributed by atoms with Gasteiger partial charge in [-0.1, -0.05) is 29.8 Å². The van der Waals surface area contributed by atoms with E-state index in [1.165, 1.54) is 53.6 Å². The summed E-state index contributed by atoms with van der Waals surface area (Å²) in [6, 6.07) is 14.1. The van der Waals surface area contributed by atoms with Crippen LogP contribution in [0.4, 0.5) is 5.69 Å². The number of Topliss-reactive ketones (excluding diaryl/α,β-unsaturated/α-hetero) is 1. The Morgan fingerprint density at radius 3 is 2.47 bits per heavy atom. The number of pyridine rings is 1. The molecule has 2 aromatic carbocycles. The molecule has 0 unspecified atom stereocenters. The van der Waals surface area contributed by atoms with E-state index in [9.17, 15) is 24.8 Å². The fourth-order valence-corrected chi connectivity index (χ4v) is 3.83. The number of aliphatic hydroxyl groups excluding tert-OH is 1. The van der Waals surface area contributed by atoms with Crippen LogP contribution in [0.25, 0.3) is 5.76 Å². The van der Waals surface area contributed by atoms with E-state index >= 15 is 0 Å². The summed E-state index contributed by atoms with van der Waals surface area (Å²) in [4.78, 5) is 42.4. The Labute approximate surface area is 187 Å². The molecule has 1 aliphatic heterocycles. The molecule has 0 radical (unpaired) electrons. The molecule has 4 rings (SSSR count). The zero-order chi connectivity index (χ0) is 22.8. The fourth-order valence-electron chi connectivity index (χ4n) is 3.70. The smallest absolute Gasteiger partial charge is 0.295 e. The number of aliphatic hydroxyl groups is 1. The standard InChI is InChI=1S/C23H16ClN3O5/c24-16-9-7-15(8-10-16)21(28)19-20(17-5-1-2-6-18(17)27(31)32)26(23(30)22(19)29)13-14-4-3-11-25-12-14/h1-12,20,28H,13H2/b21-19+/t20-/m1/s1. The Morgan fingerprint density at radius 2 is 1.81 bits per heavy atom. The van der Waals surface area contributed by atoms with Gasteiger partial charge >= 0.3 is 0 Å². The first-order chi connectivity index (χ1) is 15.4. The van der Waals surface area contributed by atoms with Gasteiger partial charge in [0.2, 0.25) is 0 Å². The number of hydrogen-bond acceptors (Lipinski definition) is 6. The maximum Gasteiger partial charge on any atom is 0.295 e. The lowest BCUT2D eigenvalue weighted by Gasteiger charge is -2.25. The van der Waals surface area contributed by atoms with E-state index in [0.29, 0.717) is 10.6 Å². The number of amides is 1. The van der Waals surface area contributed by atoms with Crippen molar-refractivity contribution in [3.63, 3.8) is 0 Å². The highest BCUT2D eigenvalue weighted by Gasteiger charge is 2.48. The predicted molar refractivity (Wildman–Crippen MR) is 117 cm³/mol. The minimum atomic E-state index is -1.16. The maximum atomic E-state index is 13.0. The number of benzene rings is 2.